The van der Waals surface area contributed by atoms with Gasteiger partial charge in [-0.3, -0.25) is 0 Å². The third-order valence-electron chi connectivity index (χ3n) is 3.00. The Labute approximate surface area is 125 Å². The van der Waals surface area contributed by atoms with E-state index in [0.717, 1.165) is 0 Å². The van der Waals surface area contributed by atoms with Crippen molar-refractivity contribution in [2.45, 2.75) is 0 Å². The molecular formula is C16H10O6. The molecule has 0 N–H and O–H groups in total. The van der Waals surface area contributed by atoms with Crippen molar-refractivity contribution in [3.8, 4) is 0 Å². The predicted molar refractivity (Wildman–Crippen MR) is 74.9 cm³/mol. The fourth-order valence-electron chi connectivity index (χ4n) is 1.69. The Morgan fingerprint density at radius 1 is 0.682 bits per heavy atom. The van der Waals surface area contributed by atoms with E-state index in [-0.39, 0.29) is 33.4 Å². The molecule has 2 fully saturated rings. The van der Waals surface area contributed by atoms with Gasteiger partial charge in [-0.1, -0.05) is 26.3 Å². The number of allylic oxidation sites excluding steroid dienone is 4. The molecule has 0 aromatic rings. The first-order valence-corrected chi connectivity index (χ1v) is 5.95. The van der Waals surface area contributed by atoms with Crippen LogP contribution in [0.1, 0.15) is 0 Å². The van der Waals surface area contributed by atoms with Crippen LogP contribution in [0.3, 0.4) is 0 Å². The minimum atomic E-state index is -0.837. The largest absolute Gasteiger partial charge is 0.386 e. The van der Waals surface area contributed by atoms with Crippen molar-refractivity contribution in [2.75, 3.05) is 0 Å². The fourth-order valence-corrected chi connectivity index (χ4v) is 1.69. The van der Waals surface area contributed by atoms with E-state index in [9.17, 15) is 19.2 Å². The van der Waals surface area contributed by atoms with Gasteiger partial charge in [0.15, 0.2) is 0 Å². The Morgan fingerprint density at radius 3 is 1.23 bits per heavy atom. The summed E-state index contributed by atoms with van der Waals surface area (Å²) in [5.41, 5.74) is 0.195. The molecule has 0 aromatic carbocycles. The van der Waals surface area contributed by atoms with Crippen molar-refractivity contribution >= 4 is 23.9 Å². The minimum absolute atomic E-state index is 0.0431. The highest BCUT2D eigenvalue weighted by Gasteiger charge is 2.33. The predicted octanol–water partition coefficient (Wildman–Crippen LogP) is 1.23. The van der Waals surface area contributed by atoms with Crippen LogP contribution in [-0.4, -0.2) is 23.9 Å². The Hall–Kier alpha value is -3.28. The van der Waals surface area contributed by atoms with Crippen molar-refractivity contribution in [1.29, 1.82) is 0 Å². The molecule has 22 heavy (non-hydrogen) atoms. The summed E-state index contributed by atoms with van der Waals surface area (Å²) >= 11 is 0. The molecule has 0 saturated carbocycles. The molecule has 0 unspecified atom stereocenters. The molecule has 0 amide bonds. The summed E-state index contributed by atoms with van der Waals surface area (Å²) < 4.78 is 8.77. The van der Waals surface area contributed by atoms with Crippen LogP contribution in [0.15, 0.2) is 71.9 Å². The summed E-state index contributed by atoms with van der Waals surface area (Å²) in [6.45, 7) is 14.2. The zero-order valence-electron chi connectivity index (χ0n) is 11.4. The highest BCUT2D eigenvalue weighted by atomic mass is 16.6. The van der Waals surface area contributed by atoms with Crippen LogP contribution in [0.5, 0.6) is 0 Å². The Morgan fingerprint density at radius 2 is 1.00 bits per heavy atom. The standard InChI is InChI=1S/C16H10O6/c1-7(5-11-9(3)13(17)21-15(11)19)8(2)6-12-10(4)14(18)22-16(12)20/h5-6H,1-4H2/b11-5+,12-6+. The van der Waals surface area contributed by atoms with Crippen molar-refractivity contribution in [1.82, 2.24) is 0 Å². The summed E-state index contributed by atoms with van der Waals surface area (Å²) in [5.74, 6) is -3.33. The number of carbonyl (C=O) groups is 4. The van der Waals surface area contributed by atoms with Gasteiger partial charge in [0.2, 0.25) is 0 Å². The number of esters is 4. The van der Waals surface area contributed by atoms with Gasteiger partial charge in [-0.25, -0.2) is 19.2 Å². The number of hydrogen-bond donors (Lipinski definition) is 0. The van der Waals surface area contributed by atoms with Crippen LogP contribution in [0, 0.1) is 0 Å². The lowest BCUT2D eigenvalue weighted by Crippen LogP contribution is -1.98. The molecule has 6 nitrogen and oxygen atoms in total. The quantitative estimate of drug-likeness (QED) is 0.337. The van der Waals surface area contributed by atoms with Crippen LogP contribution in [0.2, 0.25) is 0 Å². The van der Waals surface area contributed by atoms with Gasteiger partial charge >= 0.3 is 23.9 Å². The van der Waals surface area contributed by atoms with Crippen LogP contribution < -0.4 is 0 Å². The maximum Gasteiger partial charge on any atom is 0.346 e. The van der Waals surface area contributed by atoms with Gasteiger partial charge in [-0.15, -0.1) is 0 Å². The first kappa shape index (κ1) is 15.1. The van der Waals surface area contributed by atoms with Crippen molar-refractivity contribution in [2.24, 2.45) is 0 Å². The van der Waals surface area contributed by atoms with Gasteiger partial charge in [-0.2, -0.15) is 0 Å². The van der Waals surface area contributed by atoms with Crippen molar-refractivity contribution < 1.29 is 28.7 Å². The van der Waals surface area contributed by atoms with E-state index >= 15 is 0 Å². The van der Waals surface area contributed by atoms with E-state index in [1.165, 1.54) is 12.2 Å². The molecule has 2 aliphatic rings. The Kier molecular flexibility index (Phi) is 3.61. The van der Waals surface area contributed by atoms with Gasteiger partial charge in [0, 0.05) is 0 Å². The van der Waals surface area contributed by atoms with Crippen LogP contribution in [-0.2, 0) is 28.7 Å². The summed E-state index contributed by atoms with van der Waals surface area (Å²) in [7, 11) is 0. The van der Waals surface area contributed by atoms with Gasteiger partial charge in [0.05, 0.1) is 22.3 Å². The molecule has 0 atom stereocenters. The highest BCUT2D eigenvalue weighted by Crippen LogP contribution is 2.26. The second kappa shape index (κ2) is 5.25. The van der Waals surface area contributed by atoms with E-state index in [0.29, 0.717) is 0 Å². The third-order valence-corrected chi connectivity index (χ3v) is 3.00. The van der Waals surface area contributed by atoms with E-state index in [4.69, 9.17) is 0 Å². The van der Waals surface area contributed by atoms with E-state index in [2.05, 4.69) is 35.8 Å². The zero-order chi connectivity index (χ0) is 16.6. The number of hydrogen-bond acceptors (Lipinski definition) is 6. The second-order valence-corrected chi connectivity index (χ2v) is 4.48. The number of carbonyl (C=O) groups excluding carboxylic acids is 4. The van der Waals surface area contributed by atoms with Crippen LogP contribution in [0.4, 0.5) is 0 Å². The monoisotopic (exact) mass is 298 g/mol. The maximum atomic E-state index is 11.5. The average Bonchev–Trinajstić information content (AvgIpc) is 2.82. The summed E-state index contributed by atoms with van der Waals surface area (Å²) in [4.78, 5) is 45.3. The van der Waals surface area contributed by atoms with Crippen LogP contribution in [0.25, 0.3) is 0 Å². The van der Waals surface area contributed by atoms with E-state index in [1.807, 2.05) is 0 Å². The Bertz CT molecular complexity index is 706. The molecular weight excluding hydrogens is 288 g/mol. The molecule has 110 valence electrons. The molecule has 0 spiro atoms. The normalized spacial score (nSPS) is 21.6. The number of rotatable bonds is 3. The second-order valence-electron chi connectivity index (χ2n) is 4.48. The minimum Gasteiger partial charge on any atom is -0.386 e. The van der Waals surface area contributed by atoms with Crippen LogP contribution >= 0.6 is 0 Å². The summed E-state index contributed by atoms with van der Waals surface area (Å²) in [5, 5.41) is 0. The zero-order valence-corrected chi connectivity index (χ0v) is 11.4. The molecule has 2 aliphatic heterocycles. The first-order chi connectivity index (χ1) is 10.2. The molecule has 0 aromatic heterocycles. The SMILES string of the molecule is C=C(/C=C1\C(=C)C(=O)OC1=O)C(=C)/C=C1\C(=C)C(=O)OC1=O. The molecule has 0 aliphatic carbocycles. The molecule has 2 heterocycles. The lowest BCUT2D eigenvalue weighted by molar-refractivity contribution is -0.151. The molecule has 0 radical (unpaired) electrons. The lowest BCUT2D eigenvalue weighted by atomic mass is 10.00. The average molecular weight is 298 g/mol. The Balaban J connectivity index is 2.26. The maximum absolute atomic E-state index is 11.5. The van der Waals surface area contributed by atoms with Gasteiger partial charge in [-0.05, 0) is 23.3 Å². The fraction of sp³-hybridized carbons (Fsp3) is 0. The molecule has 0 bridgehead atoms. The van der Waals surface area contributed by atoms with Crippen molar-refractivity contribution in [3.63, 3.8) is 0 Å². The smallest absolute Gasteiger partial charge is 0.346 e. The topological polar surface area (TPSA) is 86.7 Å². The van der Waals surface area contributed by atoms with Gasteiger partial charge in [0.25, 0.3) is 0 Å². The summed E-state index contributed by atoms with van der Waals surface area (Å²) in [6.07, 6.45) is 2.53. The molecule has 2 saturated heterocycles. The number of cyclic esters (lactones) is 4. The van der Waals surface area contributed by atoms with E-state index < -0.39 is 23.9 Å². The van der Waals surface area contributed by atoms with E-state index in [1.54, 1.807) is 0 Å². The lowest BCUT2D eigenvalue weighted by Gasteiger charge is -2.01. The molecule has 2 rings (SSSR count). The molecule has 6 heteroatoms. The third kappa shape index (κ3) is 2.49. The summed E-state index contributed by atoms with van der Waals surface area (Å²) in [6, 6.07) is 0. The van der Waals surface area contributed by atoms with Crippen molar-refractivity contribution in [3.05, 3.63) is 71.9 Å². The van der Waals surface area contributed by atoms with Gasteiger partial charge < -0.3 is 9.47 Å². The first-order valence-electron chi connectivity index (χ1n) is 5.95. The number of ether oxygens (including phenoxy) is 2. The van der Waals surface area contributed by atoms with Gasteiger partial charge in [0.1, 0.15) is 0 Å². The highest BCUT2D eigenvalue weighted by molar-refractivity contribution is 6.19.